The normalized spacial score (nSPS) is 11.0. The smallest absolute Gasteiger partial charge is 0.0991 e. The lowest BCUT2D eigenvalue weighted by atomic mass is 9.91. The summed E-state index contributed by atoms with van der Waals surface area (Å²) in [5.41, 5.74) is 10.6. The topological polar surface area (TPSA) is 62.5 Å². The quantitative estimate of drug-likeness (QED) is 0.201. The van der Waals surface area contributed by atoms with E-state index in [1.807, 2.05) is 60.7 Å². The Morgan fingerprint density at radius 2 is 0.957 bits per heavy atom. The minimum Gasteiger partial charge on any atom is -0.255 e. The lowest BCUT2D eigenvalue weighted by Gasteiger charge is -2.13. The van der Waals surface area contributed by atoms with Gasteiger partial charge in [0.1, 0.15) is 0 Å². The molecule has 0 radical (unpaired) electrons. The molecule has 4 nitrogen and oxygen atoms in total. The van der Waals surface area contributed by atoms with Crippen LogP contribution in [0.5, 0.6) is 0 Å². The number of fused-ring (bicyclic) bond motifs is 2. The molecule has 0 spiro atoms. The van der Waals surface area contributed by atoms with Gasteiger partial charge in [-0.15, -0.1) is 0 Å². The summed E-state index contributed by atoms with van der Waals surface area (Å²) in [7, 11) is 0. The van der Waals surface area contributed by atoms with E-state index in [0.29, 0.717) is 5.56 Å². The average Bonchev–Trinajstić information content (AvgIpc) is 3.14. The van der Waals surface area contributed by atoms with Gasteiger partial charge in [-0.1, -0.05) is 72.8 Å². The fourth-order valence-corrected chi connectivity index (χ4v) is 6.03. The Morgan fingerprint density at radius 1 is 0.413 bits per heavy atom. The lowest BCUT2D eigenvalue weighted by molar-refractivity contribution is 1.22. The number of nitrogens with zero attached hydrogens (tertiary/aromatic N) is 4. The van der Waals surface area contributed by atoms with E-state index < -0.39 is 0 Å². The molecule has 46 heavy (non-hydrogen) atoms. The van der Waals surface area contributed by atoms with Crippen molar-refractivity contribution in [3.05, 3.63) is 164 Å². The number of rotatable bonds is 5. The Bertz CT molecular complexity index is 2350. The van der Waals surface area contributed by atoms with Crippen LogP contribution < -0.4 is 0 Å². The van der Waals surface area contributed by atoms with E-state index in [4.69, 9.17) is 4.98 Å². The Hall–Kier alpha value is -6.44. The molecular weight excluding hydrogens is 560 g/mol. The molecule has 0 aliphatic rings. The number of aromatic nitrogens is 3. The van der Waals surface area contributed by atoms with E-state index in [0.717, 1.165) is 61.5 Å². The zero-order chi connectivity index (χ0) is 30.9. The molecule has 0 N–H and O–H groups in total. The van der Waals surface area contributed by atoms with Gasteiger partial charge in [0, 0.05) is 12.4 Å². The van der Waals surface area contributed by atoms with Crippen molar-refractivity contribution in [2.24, 2.45) is 0 Å². The Labute approximate surface area is 266 Å². The summed E-state index contributed by atoms with van der Waals surface area (Å²) in [5.74, 6) is 0. The van der Waals surface area contributed by atoms with Crippen LogP contribution in [-0.2, 0) is 0 Å². The first-order valence-corrected chi connectivity index (χ1v) is 15.1. The van der Waals surface area contributed by atoms with E-state index >= 15 is 0 Å². The van der Waals surface area contributed by atoms with Crippen molar-refractivity contribution < 1.29 is 0 Å². The Balaban J connectivity index is 1.21. The van der Waals surface area contributed by atoms with Crippen LogP contribution >= 0.6 is 0 Å². The van der Waals surface area contributed by atoms with E-state index in [2.05, 4.69) is 101 Å². The molecule has 8 aromatic rings. The van der Waals surface area contributed by atoms with Crippen molar-refractivity contribution in [2.45, 2.75) is 0 Å². The van der Waals surface area contributed by atoms with Crippen LogP contribution in [0, 0.1) is 11.3 Å². The van der Waals surface area contributed by atoms with Crippen LogP contribution in [0.15, 0.2) is 158 Å². The molecule has 0 atom stereocenters. The molecule has 0 bridgehead atoms. The van der Waals surface area contributed by atoms with Gasteiger partial charge in [0.05, 0.1) is 34.4 Å². The van der Waals surface area contributed by atoms with Crippen LogP contribution in [-0.4, -0.2) is 15.0 Å². The molecule has 8 rings (SSSR count). The van der Waals surface area contributed by atoms with Crippen molar-refractivity contribution in [3.63, 3.8) is 0 Å². The van der Waals surface area contributed by atoms with E-state index in [1.54, 1.807) is 12.4 Å². The molecule has 0 aliphatic heterocycles. The molecule has 0 aliphatic carbocycles. The molecular formula is C42H26N4. The first-order chi connectivity index (χ1) is 22.7. The molecule has 0 unspecified atom stereocenters. The molecule has 0 saturated heterocycles. The van der Waals surface area contributed by atoms with Crippen molar-refractivity contribution in [3.8, 4) is 62.2 Å². The molecule has 4 heteroatoms. The third kappa shape index (κ3) is 5.17. The highest BCUT2D eigenvalue weighted by molar-refractivity contribution is 6.01. The van der Waals surface area contributed by atoms with Gasteiger partial charge < -0.3 is 0 Å². The second-order valence-electron chi connectivity index (χ2n) is 11.3. The van der Waals surface area contributed by atoms with Gasteiger partial charge in [-0.25, -0.2) is 4.98 Å². The number of pyridine rings is 3. The van der Waals surface area contributed by atoms with Crippen LogP contribution in [0.3, 0.4) is 0 Å². The summed E-state index contributed by atoms with van der Waals surface area (Å²) in [6.07, 6.45) is 3.58. The first kappa shape index (κ1) is 27.1. The van der Waals surface area contributed by atoms with Crippen LogP contribution in [0.1, 0.15) is 5.56 Å². The lowest BCUT2D eigenvalue weighted by Crippen LogP contribution is -1.94. The zero-order valence-electron chi connectivity index (χ0n) is 24.8. The largest absolute Gasteiger partial charge is 0.255 e. The molecule has 3 heterocycles. The highest BCUT2D eigenvalue weighted by atomic mass is 14.8. The minimum absolute atomic E-state index is 0.658. The summed E-state index contributed by atoms with van der Waals surface area (Å²) in [6.45, 7) is 0. The number of hydrogen-bond acceptors (Lipinski definition) is 4. The maximum Gasteiger partial charge on any atom is 0.0991 e. The van der Waals surface area contributed by atoms with Gasteiger partial charge in [0.2, 0.25) is 0 Å². The van der Waals surface area contributed by atoms with Crippen molar-refractivity contribution in [1.29, 1.82) is 5.26 Å². The molecule has 0 fully saturated rings. The fourth-order valence-electron chi connectivity index (χ4n) is 6.03. The maximum atomic E-state index is 9.29. The number of nitriles is 1. The zero-order valence-corrected chi connectivity index (χ0v) is 24.8. The van der Waals surface area contributed by atoms with Crippen molar-refractivity contribution in [1.82, 2.24) is 15.0 Å². The van der Waals surface area contributed by atoms with Crippen LogP contribution in [0.25, 0.3) is 77.7 Å². The van der Waals surface area contributed by atoms with Gasteiger partial charge in [0.15, 0.2) is 0 Å². The van der Waals surface area contributed by atoms with Gasteiger partial charge in [0.25, 0.3) is 0 Å². The summed E-state index contributed by atoms with van der Waals surface area (Å²) < 4.78 is 0. The SMILES string of the molecule is N#Cc1ccc(-c2cc(-c3ccc4cc(-c5cc(-c6ccccn6)nc(-c6ccccn6)c5)ccc4c3)cc3ccccc23)cc1. The Morgan fingerprint density at radius 3 is 1.54 bits per heavy atom. The second kappa shape index (κ2) is 11.6. The summed E-state index contributed by atoms with van der Waals surface area (Å²) >= 11 is 0. The highest BCUT2D eigenvalue weighted by Crippen LogP contribution is 2.36. The average molecular weight is 587 g/mol. The monoisotopic (exact) mass is 586 g/mol. The molecule has 3 aromatic heterocycles. The third-order valence-corrected chi connectivity index (χ3v) is 8.37. The number of hydrogen-bond donors (Lipinski definition) is 0. The highest BCUT2D eigenvalue weighted by Gasteiger charge is 2.12. The molecule has 214 valence electrons. The number of benzene rings is 5. The summed E-state index contributed by atoms with van der Waals surface area (Å²) in [6, 6.07) is 52.2. The van der Waals surface area contributed by atoms with Gasteiger partial charge in [-0.3, -0.25) is 9.97 Å². The van der Waals surface area contributed by atoms with Crippen molar-refractivity contribution in [2.75, 3.05) is 0 Å². The summed E-state index contributed by atoms with van der Waals surface area (Å²) in [4.78, 5) is 14.1. The second-order valence-corrected chi connectivity index (χ2v) is 11.3. The van der Waals surface area contributed by atoms with E-state index in [1.165, 1.54) is 16.2 Å². The maximum absolute atomic E-state index is 9.29. The third-order valence-electron chi connectivity index (χ3n) is 8.37. The van der Waals surface area contributed by atoms with Crippen molar-refractivity contribution >= 4 is 21.5 Å². The van der Waals surface area contributed by atoms with Crippen LogP contribution in [0.4, 0.5) is 0 Å². The molecule has 0 saturated carbocycles. The van der Waals surface area contributed by atoms with Crippen LogP contribution in [0.2, 0.25) is 0 Å². The van der Waals surface area contributed by atoms with E-state index in [9.17, 15) is 5.26 Å². The standard InChI is InChI=1S/C42H26N4/c43-27-28-11-13-29(14-12-28)38-24-35(23-34-7-1-2-8-37(34)38)32-17-15-31-22-33(18-16-30(31)21-32)36-25-41(39-9-3-5-19-44-39)46-42(26-36)40-10-4-6-20-45-40/h1-26H. The molecule has 5 aromatic carbocycles. The molecule has 0 amide bonds. The van der Waals surface area contributed by atoms with E-state index in [-0.39, 0.29) is 0 Å². The van der Waals surface area contributed by atoms with Gasteiger partial charge in [-0.05, 0) is 128 Å². The van der Waals surface area contributed by atoms with Gasteiger partial charge >= 0.3 is 0 Å². The predicted octanol–water partition coefficient (Wildman–Crippen LogP) is 10.4. The van der Waals surface area contributed by atoms with Gasteiger partial charge in [-0.2, -0.15) is 5.26 Å². The summed E-state index contributed by atoms with van der Waals surface area (Å²) in [5, 5.41) is 14.0. The Kier molecular flexibility index (Phi) is 6.83. The predicted molar refractivity (Wildman–Crippen MR) is 187 cm³/mol. The fraction of sp³-hybridized carbons (Fsp3) is 0. The first-order valence-electron chi connectivity index (χ1n) is 15.1. The minimum atomic E-state index is 0.658.